The summed E-state index contributed by atoms with van der Waals surface area (Å²) in [6.45, 7) is 6.31. The van der Waals surface area contributed by atoms with Crippen molar-refractivity contribution < 1.29 is 9.53 Å². The van der Waals surface area contributed by atoms with Gasteiger partial charge in [-0.1, -0.05) is 0 Å². The van der Waals surface area contributed by atoms with Crippen LogP contribution in [0.5, 0.6) is 0 Å². The molecule has 1 fully saturated rings. The van der Waals surface area contributed by atoms with E-state index in [9.17, 15) is 4.79 Å². The molecule has 0 saturated carbocycles. The number of likely N-dealkylation sites (N-methyl/N-ethyl adjacent to an activating group) is 1. The highest BCUT2D eigenvalue weighted by atomic mass is 35.5. The first-order chi connectivity index (χ1) is 8.63. The zero-order chi connectivity index (χ0) is 13.4. The quantitative estimate of drug-likeness (QED) is 0.717. The van der Waals surface area contributed by atoms with E-state index < -0.39 is 0 Å². The Bertz CT molecular complexity index is 254. The van der Waals surface area contributed by atoms with Gasteiger partial charge in [-0.25, -0.2) is 0 Å². The molecule has 0 aromatic rings. The van der Waals surface area contributed by atoms with E-state index in [0.29, 0.717) is 6.04 Å². The number of piperidine rings is 1. The molecule has 1 aliphatic rings. The molecule has 0 spiro atoms. The molecule has 0 aliphatic carbocycles. The predicted molar refractivity (Wildman–Crippen MR) is 79.8 cm³/mol. The van der Waals surface area contributed by atoms with Crippen molar-refractivity contribution in [3.05, 3.63) is 0 Å². The highest BCUT2D eigenvalue weighted by Gasteiger charge is 2.24. The molecule has 0 bridgehead atoms. The van der Waals surface area contributed by atoms with E-state index >= 15 is 0 Å². The third-order valence-electron chi connectivity index (χ3n) is 3.46. The van der Waals surface area contributed by atoms with E-state index in [1.807, 2.05) is 7.05 Å². The van der Waals surface area contributed by atoms with Crippen LogP contribution in [0.25, 0.3) is 0 Å². The Morgan fingerprint density at radius 1 is 1.47 bits per heavy atom. The summed E-state index contributed by atoms with van der Waals surface area (Å²) in [5.74, 6) is 0.397. The van der Waals surface area contributed by atoms with E-state index in [0.717, 1.165) is 45.6 Å². The van der Waals surface area contributed by atoms with Crippen LogP contribution < -0.4 is 10.6 Å². The normalized spacial score (nSPS) is 22.9. The smallest absolute Gasteiger partial charge is 0.223 e. The second-order valence-corrected chi connectivity index (χ2v) is 5.16. The predicted octanol–water partition coefficient (Wildman–Crippen LogP) is 0.491. The lowest BCUT2D eigenvalue weighted by molar-refractivity contribution is -0.126. The fourth-order valence-corrected chi connectivity index (χ4v) is 2.24. The number of amides is 1. The Labute approximate surface area is 122 Å². The van der Waals surface area contributed by atoms with Crippen LogP contribution in [0.4, 0.5) is 0 Å². The number of hydrogen-bond acceptors (Lipinski definition) is 4. The number of carbonyl (C=O) groups is 1. The number of hydrogen-bond donors (Lipinski definition) is 2. The van der Waals surface area contributed by atoms with Crippen molar-refractivity contribution in [1.29, 1.82) is 0 Å². The van der Waals surface area contributed by atoms with Crippen LogP contribution in [0.1, 0.15) is 19.8 Å². The molecule has 1 rings (SSSR count). The molecule has 2 N–H and O–H groups in total. The van der Waals surface area contributed by atoms with E-state index in [2.05, 4.69) is 22.5 Å². The van der Waals surface area contributed by atoms with Crippen LogP contribution in [0, 0.1) is 5.92 Å². The maximum absolute atomic E-state index is 12.0. The molecule has 19 heavy (non-hydrogen) atoms. The topological polar surface area (TPSA) is 53.6 Å². The van der Waals surface area contributed by atoms with Gasteiger partial charge in [-0.15, -0.1) is 12.4 Å². The Morgan fingerprint density at radius 2 is 2.21 bits per heavy atom. The van der Waals surface area contributed by atoms with Gasteiger partial charge in [-0.05, 0) is 33.4 Å². The number of carbonyl (C=O) groups excluding carboxylic acids is 1. The number of nitrogens with one attached hydrogen (secondary N) is 2. The van der Waals surface area contributed by atoms with Crippen LogP contribution in [-0.4, -0.2) is 63.8 Å². The Balaban J connectivity index is 0.00000324. The first kappa shape index (κ1) is 18.6. The fourth-order valence-electron chi connectivity index (χ4n) is 2.24. The van der Waals surface area contributed by atoms with Gasteiger partial charge in [-0.3, -0.25) is 4.79 Å². The van der Waals surface area contributed by atoms with Crippen molar-refractivity contribution >= 4 is 18.3 Å². The number of rotatable bonds is 7. The van der Waals surface area contributed by atoms with E-state index in [-0.39, 0.29) is 24.2 Å². The van der Waals surface area contributed by atoms with Gasteiger partial charge in [0.15, 0.2) is 0 Å². The summed E-state index contributed by atoms with van der Waals surface area (Å²) in [5, 5.41) is 6.39. The highest BCUT2D eigenvalue weighted by molar-refractivity contribution is 5.85. The van der Waals surface area contributed by atoms with Crippen molar-refractivity contribution in [1.82, 2.24) is 15.5 Å². The minimum absolute atomic E-state index is 0. The first-order valence-electron chi connectivity index (χ1n) is 6.82. The third-order valence-corrected chi connectivity index (χ3v) is 3.46. The van der Waals surface area contributed by atoms with Gasteiger partial charge in [0.05, 0.1) is 6.61 Å². The molecule has 6 heteroatoms. The van der Waals surface area contributed by atoms with Crippen molar-refractivity contribution in [3.8, 4) is 0 Å². The molecule has 114 valence electrons. The van der Waals surface area contributed by atoms with Gasteiger partial charge in [0, 0.05) is 38.7 Å². The third kappa shape index (κ3) is 7.72. The average molecular weight is 294 g/mol. The highest BCUT2D eigenvalue weighted by Crippen LogP contribution is 2.15. The molecular formula is C13H28ClN3O2. The largest absolute Gasteiger partial charge is 0.383 e. The summed E-state index contributed by atoms with van der Waals surface area (Å²) in [4.78, 5) is 14.1. The number of methoxy groups -OCH3 is 1. The molecule has 1 saturated heterocycles. The summed E-state index contributed by atoms with van der Waals surface area (Å²) in [6, 6.07) is 0.457. The van der Waals surface area contributed by atoms with Crippen LogP contribution in [0.15, 0.2) is 0 Å². The van der Waals surface area contributed by atoms with Gasteiger partial charge in [0.25, 0.3) is 0 Å². The van der Waals surface area contributed by atoms with Gasteiger partial charge in [0.1, 0.15) is 0 Å². The second kappa shape index (κ2) is 10.4. The Hall–Kier alpha value is -0.360. The molecule has 1 heterocycles. The van der Waals surface area contributed by atoms with Crippen molar-refractivity contribution in [3.63, 3.8) is 0 Å². The Kier molecular flexibility index (Phi) is 10.2. The first-order valence-corrected chi connectivity index (χ1v) is 6.82. The minimum Gasteiger partial charge on any atom is -0.383 e. The summed E-state index contributed by atoms with van der Waals surface area (Å²) in [7, 11) is 3.74. The van der Waals surface area contributed by atoms with Gasteiger partial charge < -0.3 is 20.3 Å². The van der Waals surface area contributed by atoms with Gasteiger partial charge in [0.2, 0.25) is 5.91 Å². The van der Waals surface area contributed by atoms with Gasteiger partial charge >= 0.3 is 0 Å². The van der Waals surface area contributed by atoms with Crippen molar-refractivity contribution in [2.75, 3.05) is 46.9 Å². The maximum atomic E-state index is 12.0. The van der Waals surface area contributed by atoms with Crippen molar-refractivity contribution in [2.45, 2.75) is 25.8 Å². The number of halogens is 1. The summed E-state index contributed by atoms with van der Waals surface area (Å²) < 4.78 is 5.01. The zero-order valence-corrected chi connectivity index (χ0v) is 13.1. The summed E-state index contributed by atoms with van der Waals surface area (Å²) >= 11 is 0. The molecule has 2 atom stereocenters. The van der Waals surface area contributed by atoms with Crippen molar-refractivity contribution in [2.24, 2.45) is 5.92 Å². The van der Waals surface area contributed by atoms with E-state index in [1.54, 1.807) is 7.11 Å². The lowest BCUT2D eigenvalue weighted by Gasteiger charge is -2.27. The fraction of sp³-hybridized carbons (Fsp3) is 0.923. The van der Waals surface area contributed by atoms with E-state index in [4.69, 9.17) is 4.74 Å². The summed E-state index contributed by atoms with van der Waals surface area (Å²) in [6.07, 6.45) is 1.90. The van der Waals surface area contributed by atoms with Gasteiger partial charge in [-0.2, -0.15) is 0 Å². The lowest BCUT2D eigenvalue weighted by Crippen LogP contribution is -2.44. The number of ether oxygens (including phenoxy) is 1. The van der Waals surface area contributed by atoms with Crippen LogP contribution in [0.3, 0.4) is 0 Å². The molecule has 1 aliphatic heterocycles. The average Bonchev–Trinajstić information content (AvgIpc) is 2.36. The SMILES string of the molecule is COCCN(C)CCNC(=O)[C@H]1CCN[C@@H](C)C1.Cl. The lowest BCUT2D eigenvalue weighted by atomic mass is 9.92. The molecule has 0 unspecified atom stereocenters. The van der Waals surface area contributed by atoms with E-state index in [1.165, 1.54) is 0 Å². The second-order valence-electron chi connectivity index (χ2n) is 5.16. The Morgan fingerprint density at radius 3 is 2.84 bits per heavy atom. The van der Waals surface area contributed by atoms with Crippen LogP contribution in [0.2, 0.25) is 0 Å². The molecule has 1 amide bonds. The molecule has 0 aromatic carbocycles. The number of nitrogens with zero attached hydrogens (tertiary/aromatic N) is 1. The monoisotopic (exact) mass is 293 g/mol. The van der Waals surface area contributed by atoms with Crippen LogP contribution in [-0.2, 0) is 9.53 Å². The standard InChI is InChI=1S/C13H27N3O2.ClH/c1-11-10-12(4-5-14-11)13(17)15-6-7-16(2)8-9-18-3;/h11-12,14H,4-10H2,1-3H3,(H,15,17);1H/t11-,12-;/m0./s1. The molecule has 5 nitrogen and oxygen atoms in total. The van der Waals surface area contributed by atoms with Crippen LogP contribution >= 0.6 is 12.4 Å². The zero-order valence-electron chi connectivity index (χ0n) is 12.3. The summed E-state index contributed by atoms with van der Waals surface area (Å²) in [5.41, 5.74) is 0. The maximum Gasteiger partial charge on any atom is 0.223 e. The molecule has 0 aromatic heterocycles. The molecule has 0 radical (unpaired) electrons. The molecular weight excluding hydrogens is 266 g/mol. The minimum atomic E-state index is 0.